The molecule has 64 valence electrons. The van der Waals surface area contributed by atoms with E-state index in [1.807, 2.05) is 0 Å². The summed E-state index contributed by atoms with van der Waals surface area (Å²) in [5.41, 5.74) is 0. The van der Waals surface area contributed by atoms with Gasteiger partial charge in [0, 0.05) is 13.7 Å². The van der Waals surface area contributed by atoms with Crippen LogP contribution in [-0.2, 0) is 4.74 Å². The molecule has 0 unspecified atom stereocenters. The second-order valence-electron chi connectivity index (χ2n) is 2.49. The number of hydrogen-bond acceptors (Lipinski definition) is 3. The van der Waals surface area contributed by atoms with Gasteiger partial charge in [-0.15, -0.1) is 0 Å². The summed E-state index contributed by atoms with van der Waals surface area (Å²) in [6.45, 7) is 5.57. The molecule has 0 aliphatic heterocycles. The number of rotatable bonds is 2. The monoisotopic (exact) mass is 150 g/mol. The Morgan fingerprint density at radius 3 is 1.60 bits per heavy atom. The SMILES string of the molecule is CC(C)(O)O.CCCOC. The average Bonchev–Trinajstić information content (AvgIpc) is 1.63. The highest BCUT2D eigenvalue weighted by Gasteiger charge is 2.00. The second-order valence-corrected chi connectivity index (χ2v) is 2.49. The number of aliphatic hydroxyl groups is 2. The molecule has 0 bridgehead atoms. The first-order valence-corrected chi connectivity index (χ1v) is 3.35. The zero-order valence-electron chi connectivity index (χ0n) is 7.22. The summed E-state index contributed by atoms with van der Waals surface area (Å²) < 4.78 is 4.69. The van der Waals surface area contributed by atoms with Crippen molar-refractivity contribution in [3.63, 3.8) is 0 Å². The van der Waals surface area contributed by atoms with Crippen LogP contribution in [0, 0.1) is 0 Å². The maximum atomic E-state index is 8.08. The molecule has 0 radical (unpaired) electrons. The normalized spacial score (nSPS) is 10.2. The first-order chi connectivity index (χ1) is 4.41. The van der Waals surface area contributed by atoms with E-state index >= 15 is 0 Å². The molecule has 0 spiro atoms. The van der Waals surface area contributed by atoms with Gasteiger partial charge < -0.3 is 14.9 Å². The van der Waals surface area contributed by atoms with Crippen LogP contribution in [-0.4, -0.2) is 29.7 Å². The highest BCUT2D eigenvalue weighted by atomic mass is 16.5. The lowest BCUT2D eigenvalue weighted by Crippen LogP contribution is -2.15. The zero-order valence-corrected chi connectivity index (χ0v) is 7.22. The van der Waals surface area contributed by atoms with Crippen molar-refractivity contribution in [1.82, 2.24) is 0 Å². The molecule has 0 aliphatic rings. The Labute approximate surface area is 62.6 Å². The lowest BCUT2D eigenvalue weighted by molar-refractivity contribution is -0.127. The molecule has 10 heavy (non-hydrogen) atoms. The third kappa shape index (κ3) is 106. The van der Waals surface area contributed by atoms with Gasteiger partial charge in [-0.1, -0.05) is 6.92 Å². The molecule has 0 saturated heterocycles. The number of hydrogen-bond donors (Lipinski definition) is 2. The molecule has 0 saturated carbocycles. The van der Waals surface area contributed by atoms with Gasteiger partial charge in [-0.3, -0.25) is 0 Å². The van der Waals surface area contributed by atoms with Gasteiger partial charge in [0.15, 0.2) is 5.79 Å². The van der Waals surface area contributed by atoms with Gasteiger partial charge in [-0.05, 0) is 20.3 Å². The molecule has 0 heterocycles. The summed E-state index contributed by atoms with van der Waals surface area (Å²) in [6.07, 6.45) is 1.12. The molecule has 0 fully saturated rings. The zero-order chi connectivity index (χ0) is 8.62. The minimum absolute atomic E-state index is 0.889. The van der Waals surface area contributed by atoms with Gasteiger partial charge in [0.25, 0.3) is 0 Å². The smallest absolute Gasteiger partial charge is 0.156 e. The largest absolute Gasteiger partial charge is 0.385 e. The van der Waals surface area contributed by atoms with Crippen LogP contribution in [0.15, 0.2) is 0 Å². The van der Waals surface area contributed by atoms with Gasteiger partial charge in [0.05, 0.1) is 0 Å². The van der Waals surface area contributed by atoms with E-state index < -0.39 is 5.79 Å². The van der Waals surface area contributed by atoms with Crippen molar-refractivity contribution < 1.29 is 14.9 Å². The fraction of sp³-hybridized carbons (Fsp3) is 1.00. The molecule has 0 atom stereocenters. The predicted molar refractivity (Wildman–Crippen MR) is 40.7 cm³/mol. The van der Waals surface area contributed by atoms with Crippen LogP contribution in [0.4, 0.5) is 0 Å². The van der Waals surface area contributed by atoms with E-state index in [-0.39, 0.29) is 0 Å². The summed E-state index contributed by atoms with van der Waals surface area (Å²) in [7, 11) is 1.71. The third-order valence-corrected chi connectivity index (χ3v) is 0.408. The Kier molecular flexibility index (Phi) is 8.77. The second kappa shape index (κ2) is 6.99. The van der Waals surface area contributed by atoms with E-state index in [2.05, 4.69) is 6.92 Å². The minimum Gasteiger partial charge on any atom is -0.385 e. The van der Waals surface area contributed by atoms with Crippen molar-refractivity contribution in [2.75, 3.05) is 13.7 Å². The Bertz CT molecular complexity index is 48.4. The molecule has 0 aromatic rings. The molecule has 0 aromatic heterocycles. The van der Waals surface area contributed by atoms with Crippen LogP contribution >= 0.6 is 0 Å². The Morgan fingerprint density at radius 1 is 1.30 bits per heavy atom. The van der Waals surface area contributed by atoms with Crippen LogP contribution < -0.4 is 0 Å². The average molecular weight is 150 g/mol. The molecule has 0 aromatic carbocycles. The van der Waals surface area contributed by atoms with Crippen LogP contribution in [0.25, 0.3) is 0 Å². The predicted octanol–water partition coefficient (Wildman–Crippen LogP) is 0.750. The maximum Gasteiger partial charge on any atom is 0.156 e. The molecule has 2 N–H and O–H groups in total. The summed E-state index contributed by atoms with van der Waals surface area (Å²) in [5, 5.41) is 16.2. The van der Waals surface area contributed by atoms with Crippen molar-refractivity contribution in [1.29, 1.82) is 0 Å². The van der Waals surface area contributed by atoms with Crippen molar-refractivity contribution in [3.8, 4) is 0 Å². The molecule has 3 nitrogen and oxygen atoms in total. The van der Waals surface area contributed by atoms with Crippen molar-refractivity contribution in [2.45, 2.75) is 33.0 Å². The fourth-order valence-corrected chi connectivity index (χ4v) is 0.204. The molecular weight excluding hydrogens is 132 g/mol. The number of ether oxygens (including phenoxy) is 1. The highest BCUT2D eigenvalue weighted by molar-refractivity contribution is 4.37. The topological polar surface area (TPSA) is 49.7 Å². The van der Waals surface area contributed by atoms with Crippen LogP contribution in [0.5, 0.6) is 0 Å². The number of methoxy groups -OCH3 is 1. The van der Waals surface area contributed by atoms with E-state index in [0.29, 0.717) is 0 Å². The molecule has 3 heteroatoms. The molecule has 0 rings (SSSR count). The minimum atomic E-state index is -1.50. The van der Waals surface area contributed by atoms with E-state index in [9.17, 15) is 0 Å². The standard InChI is InChI=1S/C4H10O.C3H8O2/c1-3-4-5-2;1-3(2,4)5/h3-4H2,1-2H3;4-5H,1-2H3. The highest BCUT2D eigenvalue weighted by Crippen LogP contribution is 1.88. The van der Waals surface area contributed by atoms with Gasteiger partial charge in [0.1, 0.15) is 0 Å². The van der Waals surface area contributed by atoms with Gasteiger partial charge in [-0.2, -0.15) is 0 Å². The quantitative estimate of drug-likeness (QED) is 0.571. The summed E-state index contributed by atoms with van der Waals surface area (Å²) in [4.78, 5) is 0. The lowest BCUT2D eigenvalue weighted by atomic mass is 10.4. The van der Waals surface area contributed by atoms with Crippen molar-refractivity contribution in [3.05, 3.63) is 0 Å². The fourth-order valence-electron chi connectivity index (χ4n) is 0.204. The Balaban J connectivity index is 0. The summed E-state index contributed by atoms with van der Waals surface area (Å²) in [5.74, 6) is -1.50. The van der Waals surface area contributed by atoms with E-state index in [1.54, 1.807) is 7.11 Å². The Morgan fingerprint density at radius 2 is 1.60 bits per heavy atom. The molecule has 0 aliphatic carbocycles. The first kappa shape index (κ1) is 12.5. The van der Waals surface area contributed by atoms with Crippen LogP contribution in [0.3, 0.4) is 0 Å². The van der Waals surface area contributed by atoms with Gasteiger partial charge in [-0.25, -0.2) is 0 Å². The Hall–Kier alpha value is -0.120. The summed E-state index contributed by atoms with van der Waals surface area (Å²) >= 11 is 0. The van der Waals surface area contributed by atoms with E-state index in [1.165, 1.54) is 13.8 Å². The van der Waals surface area contributed by atoms with Crippen molar-refractivity contribution >= 4 is 0 Å². The molecule has 0 amide bonds. The van der Waals surface area contributed by atoms with E-state index in [0.717, 1.165) is 13.0 Å². The van der Waals surface area contributed by atoms with Crippen LogP contribution in [0.2, 0.25) is 0 Å². The first-order valence-electron chi connectivity index (χ1n) is 3.35. The van der Waals surface area contributed by atoms with Crippen LogP contribution in [0.1, 0.15) is 27.2 Å². The maximum absolute atomic E-state index is 8.08. The summed E-state index contributed by atoms with van der Waals surface area (Å²) in [6, 6.07) is 0. The lowest BCUT2D eigenvalue weighted by Gasteiger charge is -2.03. The molecular formula is C7H18O3. The van der Waals surface area contributed by atoms with E-state index in [4.69, 9.17) is 14.9 Å². The van der Waals surface area contributed by atoms with Gasteiger partial charge >= 0.3 is 0 Å². The van der Waals surface area contributed by atoms with Gasteiger partial charge in [0.2, 0.25) is 0 Å². The van der Waals surface area contributed by atoms with Crippen molar-refractivity contribution in [2.24, 2.45) is 0 Å². The third-order valence-electron chi connectivity index (χ3n) is 0.408.